The Morgan fingerprint density at radius 2 is 2.16 bits per heavy atom. The van der Waals surface area contributed by atoms with Gasteiger partial charge in [-0.15, -0.1) is 0 Å². The van der Waals surface area contributed by atoms with Gasteiger partial charge in [-0.25, -0.2) is 4.39 Å². The van der Waals surface area contributed by atoms with E-state index in [0.717, 1.165) is 43.6 Å². The Morgan fingerprint density at radius 1 is 1.37 bits per heavy atom. The number of fused-ring (bicyclic) bond motifs is 1. The van der Waals surface area contributed by atoms with E-state index in [1.54, 1.807) is 6.07 Å². The van der Waals surface area contributed by atoms with E-state index in [4.69, 9.17) is 10.3 Å². The van der Waals surface area contributed by atoms with E-state index in [1.165, 1.54) is 12.1 Å². The van der Waals surface area contributed by atoms with Gasteiger partial charge in [0.25, 0.3) is 0 Å². The zero-order valence-electron chi connectivity index (χ0n) is 10.8. The van der Waals surface area contributed by atoms with Crippen LogP contribution in [0, 0.1) is 5.82 Å². The summed E-state index contributed by atoms with van der Waals surface area (Å²) in [6.07, 6.45) is 2.11. The predicted octanol–water partition coefficient (Wildman–Crippen LogP) is 2.10. The number of halogens is 1. The minimum Gasteiger partial charge on any atom is -0.356 e. The summed E-state index contributed by atoms with van der Waals surface area (Å²) >= 11 is 0. The first-order chi connectivity index (χ1) is 9.28. The molecule has 1 aromatic carbocycles. The molecule has 1 aromatic heterocycles. The molecule has 0 spiro atoms. The van der Waals surface area contributed by atoms with Crippen LogP contribution in [-0.2, 0) is 0 Å². The molecular formula is C14H18FN3O. The van der Waals surface area contributed by atoms with Gasteiger partial charge in [0.15, 0.2) is 5.58 Å². The van der Waals surface area contributed by atoms with E-state index in [-0.39, 0.29) is 5.82 Å². The number of nitrogens with two attached hydrogens (primary N) is 1. The zero-order valence-corrected chi connectivity index (χ0v) is 10.8. The highest BCUT2D eigenvalue weighted by molar-refractivity contribution is 5.79. The third-order valence-corrected chi connectivity index (χ3v) is 3.88. The van der Waals surface area contributed by atoms with Gasteiger partial charge in [-0.2, -0.15) is 0 Å². The first kappa shape index (κ1) is 12.6. The van der Waals surface area contributed by atoms with Gasteiger partial charge in [0.1, 0.15) is 5.82 Å². The SMILES string of the molecule is NCCN1CCC(c2noc3cc(F)ccc23)CC1. The summed E-state index contributed by atoms with van der Waals surface area (Å²) in [5.41, 5.74) is 7.09. The number of aromatic nitrogens is 1. The Balaban J connectivity index is 1.78. The average Bonchev–Trinajstić information content (AvgIpc) is 2.83. The van der Waals surface area contributed by atoms with Crippen LogP contribution in [0.1, 0.15) is 24.5 Å². The van der Waals surface area contributed by atoms with Gasteiger partial charge in [0.05, 0.1) is 5.69 Å². The molecule has 0 unspecified atom stereocenters. The molecule has 0 saturated carbocycles. The smallest absolute Gasteiger partial charge is 0.170 e. The van der Waals surface area contributed by atoms with Crippen molar-refractivity contribution in [3.05, 3.63) is 29.7 Å². The Morgan fingerprint density at radius 3 is 2.89 bits per heavy atom. The van der Waals surface area contributed by atoms with Gasteiger partial charge in [0, 0.05) is 30.5 Å². The van der Waals surface area contributed by atoms with Crippen molar-refractivity contribution in [2.45, 2.75) is 18.8 Å². The van der Waals surface area contributed by atoms with Crippen LogP contribution in [0.3, 0.4) is 0 Å². The van der Waals surface area contributed by atoms with Crippen LogP contribution >= 0.6 is 0 Å². The molecule has 4 nitrogen and oxygen atoms in total. The zero-order chi connectivity index (χ0) is 13.2. The molecule has 1 aliphatic rings. The molecule has 1 saturated heterocycles. The number of hydrogen-bond donors (Lipinski definition) is 1. The second-order valence-corrected chi connectivity index (χ2v) is 5.11. The molecule has 0 amide bonds. The first-order valence-electron chi connectivity index (χ1n) is 6.75. The number of benzene rings is 1. The largest absolute Gasteiger partial charge is 0.356 e. The van der Waals surface area contributed by atoms with Crippen molar-refractivity contribution in [1.29, 1.82) is 0 Å². The van der Waals surface area contributed by atoms with Gasteiger partial charge in [-0.05, 0) is 38.1 Å². The molecule has 0 aliphatic carbocycles. The van der Waals surface area contributed by atoms with Crippen molar-refractivity contribution >= 4 is 11.0 Å². The Hall–Kier alpha value is -1.46. The monoisotopic (exact) mass is 263 g/mol. The summed E-state index contributed by atoms with van der Waals surface area (Å²) in [6, 6.07) is 4.63. The normalized spacial score (nSPS) is 18.2. The van der Waals surface area contributed by atoms with Crippen LogP contribution < -0.4 is 5.73 Å². The summed E-state index contributed by atoms with van der Waals surface area (Å²) < 4.78 is 18.4. The quantitative estimate of drug-likeness (QED) is 0.921. The van der Waals surface area contributed by atoms with Crippen molar-refractivity contribution in [3.8, 4) is 0 Å². The molecule has 2 N–H and O–H groups in total. The Bertz CT molecular complexity index is 561. The lowest BCUT2D eigenvalue weighted by molar-refractivity contribution is 0.214. The Labute approximate surface area is 111 Å². The van der Waals surface area contributed by atoms with Gasteiger partial charge in [0.2, 0.25) is 0 Å². The van der Waals surface area contributed by atoms with Crippen LogP contribution in [0.25, 0.3) is 11.0 Å². The molecule has 2 aromatic rings. The number of likely N-dealkylation sites (tertiary alicyclic amines) is 1. The van der Waals surface area contributed by atoms with Gasteiger partial charge >= 0.3 is 0 Å². The van der Waals surface area contributed by atoms with Crippen LogP contribution in [0.15, 0.2) is 22.7 Å². The molecule has 0 atom stereocenters. The van der Waals surface area contributed by atoms with E-state index in [2.05, 4.69) is 10.1 Å². The third kappa shape index (κ3) is 2.48. The highest BCUT2D eigenvalue weighted by atomic mass is 19.1. The molecule has 0 bridgehead atoms. The van der Waals surface area contributed by atoms with Gasteiger partial charge in [-0.1, -0.05) is 5.16 Å². The van der Waals surface area contributed by atoms with E-state index >= 15 is 0 Å². The van der Waals surface area contributed by atoms with E-state index in [9.17, 15) is 4.39 Å². The van der Waals surface area contributed by atoms with Crippen molar-refractivity contribution in [1.82, 2.24) is 10.1 Å². The van der Waals surface area contributed by atoms with Gasteiger partial charge in [-0.3, -0.25) is 0 Å². The van der Waals surface area contributed by atoms with Crippen molar-refractivity contribution in [3.63, 3.8) is 0 Å². The highest BCUT2D eigenvalue weighted by Gasteiger charge is 2.24. The second-order valence-electron chi connectivity index (χ2n) is 5.11. The predicted molar refractivity (Wildman–Crippen MR) is 71.4 cm³/mol. The standard InChI is InChI=1S/C14H18FN3O/c15-11-1-2-12-13(9-11)19-17-14(12)10-3-6-18(7-4-10)8-5-16/h1-2,9-10H,3-8,16H2. The molecule has 2 heterocycles. The minimum absolute atomic E-state index is 0.284. The van der Waals surface area contributed by atoms with Crippen LogP contribution in [0.4, 0.5) is 4.39 Å². The molecule has 0 radical (unpaired) electrons. The highest BCUT2D eigenvalue weighted by Crippen LogP contribution is 2.32. The Kier molecular flexibility index (Phi) is 3.48. The average molecular weight is 263 g/mol. The summed E-state index contributed by atoms with van der Waals surface area (Å²) in [4.78, 5) is 2.37. The maximum Gasteiger partial charge on any atom is 0.170 e. The summed E-state index contributed by atoms with van der Waals surface area (Å²) in [7, 11) is 0. The van der Waals surface area contributed by atoms with E-state index in [1.807, 2.05) is 0 Å². The molecule has 5 heteroatoms. The maximum atomic E-state index is 13.1. The van der Waals surface area contributed by atoms with Crippen molar-refractivity contribution in [2.24, 2.45) is 5.73 Å². The first-order valence-corrected chi connectivity index (χ1v) is 6.75. The van der Waals surface area contributed by atoms with Crippen LogP contribution in [0.2, 0.25) is 0 Å². The van der Waals surface area contributed by atoms with Crippen molar-refractivity contribution < 1.29 is 8.91 Å². The lowest BCUT2D eigenvalue weighted by Gasteiger charge is -2.30. The molecule has 1 aliphatic heterocycles. The molecule has 1 fully saturated rings. The summed E-state index contributed by atoms with van der Waals surface area (Å²) in [6.45, 7) is 3.74. The lowest BCUT2D eigenvalue weighted by Crippen LogP contribution is -2.36. The minimum atomic E-state index is -0.284. The van der Waals surface area contributed by atoms with Crippen LogP contribution in [-0.4, -0.2) is 36.2 Å². The molecule has 3 rings (SSSR count). The molecule has 19 heavy (non-hydrogen) atoms. The van der Waals surface area contributed by atoms with E-state index < -0.39 is 0 Å². The molecular weight excluding hydrogens is 245 g/mol. The number of rotatable bonds is 3. The lowest BCUT2D eigenvalue weighted by atomic mass is 9.91. The number of piperidine rings is 1. The van der Waals surface area contributed by atoms with E-state index in [0.29, 0.717) is 18.0 Å². The van der Waals surface area contributed by atoms with Crippen LogP contribution in [0.5, 0.6) is 0 Å². The fraction of sp³-hybridized carbons (Fsp3) is 0.500. The topological polar surface area (TPSA) is 55.3 Å². The summed E-state index contributed by atoms with van der Waals surface area (Å²) in [5.74, 6) is 0.119. The summed E-state index contributed by atoms with van der Waals surface area (Å²) in [5, 5.41) is 5.09. The third-order valence-electron chi connectivity index (χ3n) is 3.88. The van der Waals surface area contributed by atoms with Crippen molar-refractivity contribution in [2.75, 3.05) is 26.2 Å². The maximum absolute atomic E-state index is 13.1. The second kappa shape index (κ2) is 5.27. The van der Waals surface area contributed by atoms with Gasteiger partial charge < -0.3 is 15.2 Å². The fourth-order valence-electron chi connectivity index (χ4n) is 2.84. The molecule has 102 valence electrons. The number of nitrogens with zero attached hydrogens (tertiary/aromatic N) is 2. The number of hydrogen-bond acceptors (Lipinski definition) is 4. The fourth-order valence-corrected chi connectivity index (χ4v) is 2.84.